The number of fused-ring (bicyclic) bond motifs is 1. The Balaban J connectivity index is 1.44. The highest BCUT2D eigenvalue weighted by molar-refractivity contribution is 6.30. The molecule has 0 atom stereocenters. The molecular formula is C21H18ClNO5. The van der Waals surface area contributed by atoms with Crippen molar-refractivity contribution in [3.8, 4) is 5.75 Å². The summed E-state index contributed by atoms with van der Waals surface area (Å²) in [6.07, 6.45) is 2.30. The van der Waals surface area contributed by atoms with E-state index < -0.39 is 11.4 Å². The Morgan fingerprint density at radius 2 is 1.89 bits per heavy atom. The molecule has 6 nitrogen and oxygen atoms in total. The number of halogens is 1. The number of amides is 1. The van der Waals surface area contributed by atoms with E-state index in [1.165, 1.54) is 6.07 Å². The van der Waals surface area contributed by atoms with Gasteiger partial charge in [0, 0.05) is 10.6 Å². The SMILES string of the molecule is O=C1COc2ccc(C(=O)COC(=O)C3(c4ccc(Cl)cc4)CCC3)cc2N1. The molecule has 144 valence electrons. The smallest absolute Gasteiger partial charge is 0.317 e. The molecule has 0 spiro atoms. The number of hydrogen-bond donors (Lipinski definition) is 1. The van der Waals surface area contributed by atoms with Crippen molar-refractivity contribution in [2.24, 2.45) is 0 Å². The van der Waals surface area contributed by atoms with Gasteiger partial charge in [-0.3, -0.25) is 14.4 Å². The summed E-state index contributed by atoms with van der Waals surface area (Å²) in [7, 11) is 0. The third-order valence-corrected chi connectivity index (χ3v) is 5.52. The fourth-order valence-electron chi connectivity index (χ4n) is 3.52. The number of anilines is 1. The average molecular weight is 400 g/mol. The van der Waals surface area contributed by atoms with E-state index in [-0.39, 0.29) is 24.9 Å². The minimum Gasteiger partial charge on any atom is -0.482 e. The molecular weight excluding hydrogens is 382 g/mol. The quantitative estimate of drug-likeness (QED) is 0.614. The normalized spacial score (nSPS) is 16.8. The standard InChI is InChI=1S/C21H18ClNO5/c22-15-5-3-14(4-6-15)21(8-1-9-21)20(26)28-11-17(24)13-2-7-18-16(10-13)23-19(25)12-27-18/h2-7,10H,1,8-9,11-12H2,(H,23,25). The van der Waals surface area contributed by atoms with E-state index in [0.717, 1.165) is 12.0 Å². The number of carbonyl (C=O) groups is 3. The minimum absolute atomic E-state index is 0.0509. The Bertz CT molecular complexity index is 950. The van der Waals surface area contributed by atoms with Gasteiger partial charge in [-0.05, 0) is 48.7 Å². The van der Waals surface area contributed by atoms with Gasteiger partial charge in [-0.25, -0.2) is 0 Å². The highest BCUT2D eigenvalue weighted by Gasteiger charge is 2.47. The van der Waals surface area contributed by atoms with E-state index in [4.69, 9.17) is 21.1 Å². The van der Waals surface area contributed by atoms with Crippen molar-refractivity contribution in [3.63, 3.8) is 0 Å². The fraction of sp³-hybridized carbons (Fsp3) is 0.286. The zero-order chi connectivity index (χ0) is 19.7. The van der Waals surface area contributed by atoms with Crippen LogP contribution in [0.1, 0.15) is 35.2 Å². The predicted octanol–water partition coefficient (Wildman–Crippen LogP) is 3.52. The second-order valence-corrected chi connectivity index (χ2v) is 7.43. The number of hydrogen-bond acceptors (Lipinski definition) is 5. The van der Waals surface area contributed by atoms with Crippen LogP contribution in [-0.4, -0.2) is 30.9 Å². The summed E-state index contributed by atoms with van der Waals surface area (Å²) >= 11 is 5.94. The van der Waals surface area contributed by atoms with Crippen molar-refractivity contribution in [1.82, 2.24) is 0 Å². The maximum atomic E-state index is 12.8. The molecule has 2 aromatic rings. The predicted molar refractivity (Wildman–Crippen MR) is 103 cm³/mol. The number of esters is 1. The van der Waals surface area contributed by atoms with Crippen LogP contribution in [0.25, 0.3) is 0 Å². The van der Waals surface area contributed by atoms with Crippen LogP contribution in [0.15, 0.2) is 42.5 Å². The van der Waals surface area contributed by atoms with E-state index in [1.54, 1.807) is 24.3 Å². The summed E-state index contributed by atoms with van der Waals surface area (Å²) in [5, 5.41) is 3.26. The summed E-state index contributed by atoms with van der Waals surface area (Å²) in [6, 6.07) is 11.9. The number of carbonyl (C=O) groups excluding carboxylic acids is 3. The van der Waals surface area contributed by atoms with Gasteiger partial charge in [0.15, 0.2) is 19.0 Å². The van der Waals surface area contributed by atoms with Gasteiger partial charge in [-0.2, -0.15) is 0 Å². The molecule has 0 unspecified atom stereocenters. The molecule has 28 heavy (non-hydrogen) atoms. The minimum atomic E-state index is -0.706. The summed E-state index contributed by atoms with van der Waals surface area (Å²) in [4.78, 5) is 36.7. The summed E-state index contributed by atoms with van der Waals surface area (Å²) < 4.78 is 10.7. The number of ketones is 1. The molecule has 1 amide bonds. The summed E-state index contributed by atoms with van der Waals surface area (Å²) in [5.41, 5.74) is 0.925. The molecule has 1 saturated carbocycles. The highest BCUT2D eigenvalue weighted by atomic mass is 35.5. The van der Waals surface area contributed by atoms with Crippen molar-refractivity contribution in [3.05, 3.63) is 58.6 Å². The number of Topliss-reactive ketones (excluding diaryl/α,β-unsaturated/α-hetero) is 1. The number of benzene rings is 2. The Morgan fingerprint density at radius 1 is 1.14 bits per heavy atom. The Morgan fingerprint density at radius 3 is 2.57 bits per heavy atom. The first-order chi connectivity index (χ1) is 13.5. The van der Waals surface area contributed by atoms with Gasteiger partial charge in [0.1, 0.15) is 5.75 Å². The van der Waals surface area contributed by atoms with Crippen LogP contribution in [0.5, 0.6) is 5.75 Å². The second kappa shape index (κ2) is 7.28. The van der Waals surface area contributed by atoms with Gasteiger partial charge in [0.2, 0.25) is 0 Å². The Kier molecular flexibility index (Phi) is 4.81. The lowest BCUT2D eigenvalue weighted by atomic mass is 9.64. The molecule has 0 radical (unpaired) electrons. The van der Waals surface area contributed by atoms with Crippen molar-refractivity contribution in [1.29, 1.82) is 0 Å². The molecule has 0 aromatic heterocycles. The molecule has 2 aromatic carbocycles. The van der Waals surface area contributed by atoms with Crippen LogP contribution in [0, 0.1) is 0 Å². The molecule has 0 bridgehead atoms. The average Bonchev–Trinajstić information content (AvgIpc) is 2.66. The maximum absolute atomic E-state index is 12.8. The third kappa shape index (κ3) is 3.36. The summed E-state index contributed by atoms with van der Waals surface area (Å²) in [6.45, 7) is -0.410. The largest absolute Gasteiger partial charge is 0.482 e. The van der Waals surface area contributed by atoms with Crippen LogP contribution in [0.3, 0.4) is 0 Å². The first kappa shape index (κ1) is 18.5. The lowest BCUT2D eigenvalue weighted by Gasteiger charge is -2.39. The van der Waals surface area contributed by atoms with Crippen LogP contribution < -0.4 is 10.1 Å². The van der Waals surface area contributed by atoms with Crippen molar-refractivity contribution < 1.29 is 23.9 Å². The van der Waals surface area contributed by atoms with Crippen molar-refractivity contribution in [2.45, 2.75) is 24.7 Å². The molecule has 4 rings (SSSR count). The van der Waals surface area contributed by atoms with Gasteiger partial charge in [0.05, 0.1) is 11.1 Å². The van der Waals surface area contributed by atoms with Gasteiger partial charge in [0.25, 0.3) is 5.91 Å². The lowest BCUT2D eigenvalue weighted by Crippen LogP contribution is -2.44. The van der Waals surface area contributed by atoms with Crippen LogP contribution >= 0.6 is 11.6 Å². The molecule has 1 N–H and O–H groups in total. The van der Waals surface area contributed by atoms with Crippen molar-refractivity contribution >= 4 is 34.9 Å². The fourth-order valence-corrected chi connectivity index (χ4v) is 3.65. The molecule has 1 aliphatic heterocycles. The number of nitrogens with one attached hydrogen (secondary N) is 1. The van der Waals surface area contributed by atoms with Crippen LogP contribution in [0.4, 0.5) is 5.69 Å². The highest BCUT2D eigenvalue weighted by Crippen LogP contribution is 2.45. The molecule has 0 saturated heterocycles. The molecule has 1 fully saturated rings. The first-order valence-electron chi connectivity index (χ1n) is 9.01. The van der Waals surface area contributed by atoms with E-state index in [1.807, 2.05) is 12.1 Å². The topological polar surface area (TPSA) is 81.7 Å². The molecule has 1 heterocycles. The Hall–Kier alpha value is -2.86. The molecule has 7 heteroatoms. The molecule has 1 aliphatic carbocycles. The number of ether oxygens (including phenoxy) is 2. The zero-order valence-corrected chi connectivity index (χ0v) is 15.8. The van der Waals surface area contributed by atoms with E-state index >= 15 is 0 Å². The van der Waals surface area contributed by atoms with Gasteiger partial charge in [-0.15, -0.1) is 0 Å². The van der Waals surface area contributed by atoms with E-state index in [9.17, 15) is 14.4 Å². The van der Waals surface area contributed by atoms with Crippen molar-refractivity contribution in [2.75, 3.05) is 18.5 Å². The monoisotopic (exact) mass is 399 g/mol. The summed E-state index contributed by atoms with van der Waals surface area (Å²) in [5.74, 6) is -0.520. The van der Waals surface area contributed by atoms with Crippen LogP contribution in [0.2, 0.25) is 5.02 Å². The third-order valence-electron chi connectivity index (χ3n) is 5.26. The number of rotatable bonds is 5. The van der Waals surface area contributed by atoms with Gasteiger partial charge < -0.3 is 14.8 Å². The lowest BCUT2D eigenvalue weighted by molar-refractivity contribution is -0.153. The van der Waals surface area contributed by atoms with Gasteiger partial charge in [-0.1, -0.05) is 30.2 Å². The Labute approximate surface area is 166 Å². The first-order valence-corrected chi connectivity index (χ1v) is 9.39. The second-order valence-electron chi connectivity index (χ2n) is 6.99. The van der Waals surface area contributed by atoms with E-state index in [2.05, 4.69) is 5.32 Å². The zero-order valence-electron chi connectivity index (χ0n) is 15.0. The maximum Gasteiger partial charge on any atom is 0.317 e. The van der Waals surface area contributed by atoms with Gasteiger partial charge >= 0.3 is 5.97 Å². The molecule has 2 aliphatic rings. The van der Waals surface area contributed by atoms with E-state index in [0.29, 0.717) is 34.9 Å². The van der Waals surface area contributed by atoms with Crippen LogP contribution in [-0.2, 0) is 19.7 Å².